The Bertz CT molecular complexity index is 1100. The first kappa shape index (κ1) is 26.5. The zero-order valence-electron chi connectivity index (χ0n) is 20.9. The van der Waals surface area contributed by atoms with Crippen LogP contribution in [0.2, 0.25) is 5.02 Å². The maximum atomic E-state index is 13.6. The number of hydrogen-bond acceptors (Lipinski definition) is 8. The molecule has 1 unspecified atom stereocenters. The highest BCUT2D eigenvalue weighted by molar-refractivity contribution is 7.92. The van der Waals surface area contributed by atoms with E-state index in [1.54, 1.807) is 29.2 Å². The van der Waals surface area contributed by atoms with Crippen molar-refractivity contribution in [2.45, 2.75) is 44.7 Å². The lowest BCUT2D eigenvalue weighted by Crippen LogP contribution is -2.47. The summed E-state index contributed by atoms with van der Waals surface area (Å²) in [5.74, 6) is 1.28. The topological polar surface area (TPSA) is 119 Å². The third-order valence-electron chi connectivity index (χ3n) is 6.79. The van der Waals surface area contributed by atoms with E-state index in [4.69, 9.17) is 22.0 Å². The molecule has 3 atom stereocenters. The van der Waals surface area contributed by atoms with Crippen molar-refractivity contribution in [2.75, 3.05) is 37.7 Å². The molecule has 1 aromatic carbocycles. The Labute approximate surface area is 220 Å². The molecule has 4 N–H and O–H groups in total. The van der Waals surface area contributed by atoms with E-state index in [1.807, 2.05) is 20.2 Å². The smallest absolute Gasteiger partial charge is 0.256 e. The minimum atomic E-state index is -1.34. The molecule has 194 valence electrons. The second-order valence-electron chi connectivity index (χ2n) is 9.37. The van der Waals surface area contributed by atoms with Crippen LogP contribution in [0.4, 0.5) is 5.69 Å². The molecule has 0 bridgehead atoms. The fraction of sp³-hybridized carbons (Fsp3) is 0.480. The standard InChI is InChI=1S/C25H34ClN7O2S/c1-16-14-29-23(30-24(16)32-11-9-18(15-32)28-2)13-20(27)22-6-4-5-10-33(22)25(34)19-12-17(26)7-8-21(19)31-36(3)35/h7-8,12-14,18,22,27-29,31H,4-6,9-11,15H2,1-3H3/b23-13+,27-20?/t18-,22-,36?/m0/s1. The van der Waals surface area contributed by atoms with Crippen molar-refractivity contribution in [3.8, 4) is 0 Å². The monoisotopic (exact) mass is 531 g/mol. The summed E-state index contributed by atoms with van der Waals surface area (Å²) >= 11 is 4.86. The molecule has 1 amide bonds. The maximum absolute atomic E-state index is 13.6. The fourth-order valence-corrected chi connectivity index (χ4v) is 5.56. The van der Waals surface area contributed by atoms with Gasteiger partial charge >= 0.3 is 0 Å². The Morgan fingerprint density at radius 3 is 2.86 bits per heavy atom. The summed E-state index contributed by atoms with van der Waals surface area (Å²) in [6.07, 6.45) is 8.71. The molecule has 0 saturated carbocycles. The number of likely N-dealkylation sites (tertiary alicyclic amines) is 2. The number of hydrogen-bond donors (Lipinski definition) is 4. The predicted octanol–water partition coefficient (Wildman–Crippen LogP) is 3.10. The Morgan fingerprint density at radius 2 is 2.14 bits per heavy atom. The average molecular weight is 532 g/mol. The first-order chi connectivity index (χ1) is 17.3. The molecule has 4 rings (SSSR count). The summed E-state index contributed by atoms with van der Waals surface area (Å²) in [5, 5.41) is 15.8. The Hall–Kier alpha value is -2.53. The molecule has 0 aromatic heterocycles. The molecule has 3 aliphatic heterocycles. The van der Waals surface area contributed by atoms with Crippen LogP contribution < -0.4 is 15.4 Å². The lowest BCUT2D eigenvalue weighted by Gasteiger charge is -2.36. The first-order valence-electron chi connectivity index (χ1n) is 12.2. The molecule has 9 nitrogen and oxygen atoms in total. The second kappa shape index (κ2) is 11.7. The van der Waals surface area contributed by atoms with Crippen molar-refractivity contribution >= 4 is 46.1 Å². The largest absolute Gasteiger partial charge is 0.593 e. The quantitative estimate of drug-likeness (QED) is 0.331. The summed E-state index contributed by atoms with van der Waals surface area (Å²) in [6.45, 7) is 4.40. The van der Waals surface area contributed by atoms with Gasteiger partial charge in [0.1, 0.15) is 17.9 Å². The number of nitrogens with zero attached hydrogens (tertiary/aromatic N) is 3. The number of anilines is 1. The number of nitrogens with one attached hydrogen (secondary N) is 4. The second-order valence-corrected chi connectivity index (χ2v) is 10.9. The van der Waals surface area contributed by atoms with E-state index in [0.29, 0.717) is 46.8 Å². The van der Waals surface area contributed by atoms with Gasteiger partial charge in [-0.25, -0.2) is 9.71 Å². The van der Waals surface area contributed by atoms with Crippen LogP contribution >= 0.6 is 11.6 Å². The van der Waals surface area contributed by atoms with Crippen LogP contribution in [0.15, 0.2) is 46.9 Å². The highest BCUT2D eigenvalue weighted by Gasteiger charge is 2.32. The van der Waals surface area contributed by atoms with E-state index in [-0.39, 0.29) is 11.9 Å². The molecule has 11 heteroatoms. The number of halogens is 1. The SMILES string of the molecule is CN[C@H]1CCN(C2=N/C(=C/C(=N)[C@@H]3CCCCN3C(=O)c3cc(Cl)ccc3N[S+](C)[O-])NC=C2C)C1. The number of rotatable bonds is 6. The molecule has 0 aliphatic carbocycles. The Morgan fingerprint density at radius 1 is 1.33 bits per heavy atom. The molecular weight excluding hydrogens is 498 g/mol. The van der Waals surface area contributed by atoms with Gasteiger partial charge in [0.2, 0.25) is 0 Å². The summed E-state index contributed by atoms with van der Waals surface area (Å²) in [4.78, 5) is 22.5. The van der Waals surface area contributed by atoms with Crippen LogP contribution in [0.5, 0.6) is 0 Å². The zero-order valence-corrected chi connectivity index (χ0v) is 22.5. The maximum Gasteiger partial charge on any atom is 0.256 e. The van der Waals surface area contributed by atoms with Crippen LogP contribution in [0.25, 0.3) is 0 Å². The molecule has 0 spiro atoms. The van der Waals surface area contributed by atoms with Gasteiger partial charge in [-0.1, -0.05) is 11.6 Å². The number of carbonyl (C=O) groups is 1. The van der Waals surface area contributed by atoms with Crippen LogP contribution in [0.1, 0.15) is 43.0 Å². The lowest BCUT2D eigenvalue weighted by atomic mass is 9.96. The number of amidine groups is 1. The van der Waals surface area contributed by atoms with Crippen molar-refractivity contribution < 1.29 is 9.35 Å². The van der Waals surface area contributed by atoms with Crippen molar-refractivity contribution in [1.29, 1.82) is 5.41 Å². The van der Waals surface area contributed by atoms with E-state index in [9.17, 15) is 9.35 Å². The molecule has 2 saturated heterocycles. The summed E-state index contributed by atoms with van der Waals surface area (Å²) in [6, 6.07) is 4.97. The normalized spacial score (nSPS) is 24.2. The van der Waals surface area contributed by atoms with Crippen molar-refractivity contribution in [2.24, 2.45) is 4.99 Å². The highest BCUT2D eigenvalue weighted by Crippen LogP contribution is 2.27. The van der Waals surface area contributed by atoms with E-state index in [1.165, 1.54) is 6.26 Å². The summed E-state index contributed by atoms with van der Waals surface area (Å²) in [5.41, 5.74) is 2.20. The van der Waals surface area contributed by atoms with Gasteiger partial charge in [-0.2, -0.15) is 0 Å². The molecule has 3 aliphatic rings. The highest BCUT2D eigenvalue weighted by atomic mass is 35.5. The Kier molecular flexibility index (Phi) is 8.61. The van der Waals surface area contributed by atoms with Crippen molar-refractivity contribution in [3.05, 3.63) is 52.5 Å². The summed E-state index contributed by atoms with van der Waals surface area (Å²) in [7, 11) is 1.98. The molecule has 36 heavy (non-hydrogen) atoms. The minimum absolute atomic E-state index is 0.231. The minimum Gasteiger partial charge on any atom is -0.593 e. The molecule has 1 aromatic rings. The third kappa shape index (κ3) is 6.05. The van der Waals surface area contributed by atoms with Gasteiger partial charge in [0.25, 0.3) is 5.91 Å². The van der Waals surface area contributed by atoms with Gasteiger partial charge in [-0.3, -0.25) is 4.79 Å². The summed E-state index contributed by atoms with van der Waals surface area (Å²) < 4.78 is 14.6. The van der Waals surface area contributed by atoms with Crippen LogP contribution in [-0.4, -0.2) is 76.8 Å². The number of piperidine rings is 1. The number of aliphatic imine (C=N–C) groups is 1. The number of likely N-dealkylation sites (N-methyl/N-ethyl adjacent to an activating group) is 1. The van der Waals surface area contributed by atoms with Crippen LogP contribution in [-0.2, 0) is 11.4 Å². The number of benzene rings is 1. The van der Waals surface area contributed by atoms with Gasteiger partial charge < -0.3 is 30.4 Å². The molecule has 2 fully saturated rings. The van der Waals surface area contributed by atoms with Gasteiger partial charge in [0.15, 0.2) is 0 Å². The van der Waals surface area contributed by atoms with Gasteiger partial charge in [0, 0.05) is 48.5 Å². The number of amides is 1. The Balaban J connectivity index is 1.56. The molecule has 0 radical (unpaired) electrons. The van der Waals surface area contributed by atoms with Crippen LogP contribution in [0.3, 0.4) is 0 Å². The predicted molar refractivity (Wildman–Crippen MR) is 147 cm³/mol. The fourth-order valence-electron chi connectivity index (χ4n) is 4.90. The van der Waals surface area contributed by atoms with Gasteiger partial charge in [-0.15, -0.1) is 0 Å². The van der Waals surface area contributed by atoms with E-state index >= 15 is 0 Å². The van der Waals surface area contributed by atoms with Gasteiger partial charge in [0.05, 0.1) is 34.4 Å². The van der Waals surface area contributed by atoms with E-state index < -0.39 is 11.4 Å². The van der Waals surface area contributed by atoms with Crippen molar-refractivity contribution in [1.82, 2.24) is 20.4 Å². The number of carbonyl (C=O) groups excluding carboxylic acids is 1. The molecular formula is C25H34ClN7O2S. The first-order valence-corrected chi connectivity index (χ1v) is 14.2. The van der Waals surface area contributed by atoms with E-state index in [0.717, 1.165) is 43.8 Å². The van der Waals surface area contributed by atoms with E-state index in [2.05, 4.69) is 20.3 Å². The van der Waals surface area contributed by atoms with Crippen LogP contribution in [0, 0.1) is 5.41 Å². The average Bonchev–Trinajstić information content (AvgIpc) is 3.35. The third-order valence-corrected chi connectivity index (χ3v) is 7.53. The van der Waals surface area contributed by atoms with Gasteiger partial charge in [-0.05, 0) is 57.9 Å². The van der Waals surface area contributed by atoms with Crippen molar-refractivity contribution in [3.63, 3.8) is 0 Å². The molecule has 3 heterocycles. The lowest BCUT2D eigenvalue weighted by molar-refractivity contribution is 0.0681. The zero-order chi connectivity index (χ0) is 25.8.